The summed E-state index contributed by atoms with van der Waals surface area (Å²) in [6.45, 7) is 3.32. The second kappa shape index (κ2) is 4.00. The summed E-state index contributed by atoms with van der Waals surface area (Å²) in [6, 6.07) is 0. The molecule has 0 aromatic rings. The first-order chi connectivity index (χ1) is 5.69. The molecule has 0 spiro atoms. The third-order valence-electron chi connectivity index (χ3n) is 2.02. The Labute approximate surface area is 71.1 Å². The first-order valence-corrected chi connectivity index (χ1v) is 3.94. The number of hydrogen-bond donors (Lipinski definition) is 3. The number of ether oxygens (including phenoxy) is 1. The number of aliphatic hydroxyl groups is 3. The minimum Gasteiger partial charge on any atom is -0.394 e. The van der Waals surface area contributed by atoms with E-state index < -0.39 is 24.4 Å². The van der Waals surface area contributed by atoms with Crippen LogP contribution >= 0.6 is 0 Å². The topological polar surface area (TPSA) is 69.9 Å². The molecular formula is C8H14O4. The lowest BCUT2D eigenvalue weighted by Crippen LogP contribution is -2.48. The van der Waals surface area contributed by atoms with Gasteiger partial charge < -0.3 is 20.1 Å². The Hall–Kier alpha value is -0.420. The van der Waals surface area contributed by atoms with Gasteiger partial charge in [0.25, 0.3) is 0 Å². The number of rotatable bonds is 2. The molecule has 3 N–H and O–H groups in total. The summed E-state index contributed by atoms with van der Waals surface area (Å²) < 4.78 is 5.19. The van der Waals surface area contributed by atoms with Crippen LogP contribution in [0, 0.1) is 0 Å². The predicted molar refractivity (Wildman–Crippen MR) is 42.6 cm³/mol. The van der Waals surface area contributed by atoms with Crippen molar-refractivity contribution in [2.24, 2.45) is 0 Å². The van der Waals surface area contributed by atoms with Crippen molar-refractivity contribution in [1.29, 1.82) is 0 Å². The molecule has 0 saturated carbocycles. The van der Waals surface area contributed by atoms with Gasteiger partial charge in [0.15, 0.2) is 0 Å². The van der Waals surface area contributed by atoms with Crippen LogP contribution in [0.25, 0.3) is 0 Å². The lowest BCUT2D eigenvalue weighted by atomic mass is 9.98. The average molecular weight is 174 g/mol. The van der Waals surface area contributed by atoms with Gasteiger partial charge in [0, 0.05) is 6.42 Å². The molecule has 1 saturated heterocycles. The van der Waals surface area contributed by atoms with Gasteiger partial charge in [0.2, 0.25) is 0 Å². The van der Waals surface area contributed by atoms with Gasteiger partial charge in [-0.1, -0.05) is 6.08 Å². The van der Waals surface area contributed by atoms with E-state index >= 15 is 0 Å². The van der Waals surface area contributed by atoms with E-state index in [1.54, 1.807) is 0 Å². The van der Waals surface area contributed by atoms with Crippen molar-refractivity contribution in [1.82, 2.24) is 0 Å². The smallest absolute Gasteiger partial charge is 0.110 e. The normalized spacial score (nSPS) is 42.6. The Bertz CT molecular complexity index is 159. The Balaban J connectivity index is 2.57. The van der Waals surface area contributed by atoms with Crippen LogP contribution in [0.5, 0.6) is 0 Å². The zero-order valence-electron chi connectivity index (χ0n) is 6.76. The van der Waals surface area contributed by atoms with Gasteiger partial charge in [0.1, 0.15) is 12.2 Å². The Morgan fingerprint density at radius 3 is 2.67 bits per heavy atom. The van der Waals surface area contributed by atoms with Gasteiger partial charge in [0.05, 0.1) is 18.8 Å². The van der Waals surface area contributed by atoms with Gasteiger partial charge in [-0.2, -0.15) is 0 Å². The highest BCUT2D eigenvalue weighted by Crippen LogP contribution is 2.20. The summed E-state index contributed by atoms with van der Waals surface area (Å²) in [5.41, 5.74) is 0. The Morgan fingerprint density at radius 1 is 1.50 bits per heavy atom. The molecule has 1 aliphatic heterocycles. The summed E-state index contributed by atoms with van der Waals surface area (Å²) in [6.07, 6.45) is -1.04. The molecule has 4 heteroatoms. The van der Waals surface area contributed by atoms with Gasteiger partial charge in [-0.15, -0.1) is 6.58 Å². The van der Waals surface area contributed by atoms with Crippen LogP contribution in [0.3, 0.4) is 0 Å². The summed E-state index contributed by atoms with van der Waals surface area (Å²) in [5, 5.41) is 27.4. The molecule has 4 nitrogen and oxygen atoms in total. The molecule has 0 aliphatic carbocycles. The average Bonchev–Trinajstić information content (AvgIpc) is 2.09. The van der Waals surface area contributed by atoms with Gasteiger partial charge in [-0.25, -0.2) is 0 Å². The predicted octanol–water partition coefficient (Wildman–Crippen LogP) is -0.956. The lowest BCUT2D eigenvalue weighted by molar-refractivity contribution is -0.160. The molecule has 0 aromatic heterocycles. The van der Waals surface area contributed by atoms with Gasteiger partial charge >= 0.3 is 0 Å². The number of aliphatic hydroxyl groups excluding tert-OH is 3. The molecule has 4 atom stereocenters. The quantitative estimate of drug-likeness (QED) is 0.472. The van der Waals surface area contributed by atoms with E-state index in [0.29, 0.717) is 0 Å². The zero-order chi connectivity index (χ0) is 9.14. The first kappa shape index (κ1) is 9.67. The Kier molecular flexibility index (Phi) is 3.22. The van der Waals surface area contributed by atoms with Crippen molar-refractivity contribution < 1.29 is 20.1 Å². The summed E-state index contributed by atoms with van der Waals surface area (Å²) in [7, 11) is 0. The van der Waals surface area contributed by atoms with Crippen molar-refractivity contribution in [3.05, 3.63) is 12.7 Å². The van der Waals surface area contributed by atoms with Gasteiger partial charge in [-0.05, 0) is 0 Å². The molecule has 12 heavy (non-hydrogen) atoms. The van der Waals surface area contributed by atoms with E-state index in [4.69, 9.17) is 9.84 Å². The highest BCUT2D eigenvalue weighted by atomic mass is 16.5. The number of hydrogen-bond acceptors (Lipinski definition) is 4. The summed E-state index contributed by atoms with van der Waals surface area (Å²) >= 11 is 0. The molecule has 1 rings (SSSR count). The zero-order valence-corrected chi connectivity index (χ0v) is 6.76. The third-order valence-corrected chi connectivity index (χ3v) is 2.02. The maximum absolute atomic E-state index is 9.32. The molecule has 1 heterocycles. The second-order valence-corrected chi connectivity index (χ2v) is 2.93. The molecule has 0 unspecified atom stereocenters. The van der Waals surface area contributed by atoms with E-state index in [-0.39, 0.29) is 13.0 Å². The van der Waals surface area contributed by atoms with Crippen molar-refractivity contribution in [2.45, 2.75) is 30.8 Å². The van der Waals surface area contributed by atoms with Crippen LogP contribution in [-0.4, -0.2) is 46.3 Å². The highest BCUT2D eigenvalue weighted by molar-refractivity contribution is 4.94. The highest BCUT2D eigenvalue weighted by Gasteiger charge is 2.34. The summed E-state index contributed by atoms with van der Waals surface area (Å²) in [4.78, 5) is 0. The maximum atomic E-state index is 9.32. The molecule has 0 aromatic carbocycles. The molecule has 1 fully saturated rings. The van der Waals surface area contributed by atoms with Crippen LogP contribution in [-0.2, 0) is 4.74 Å². The van der Waals surface area contributed by atoms with Crippen molar-refractivity contribution in [2.75, 3.05) is 6.61 Å². The maximum Gasteiger partial charge on any atom is 0.110 e. The standard InChI is InChI=1S/C8H14O4/c1-2-7-8(11)6(10)3-5(4-9)12-7/h2,5-11H,1,3-4H2/t5-,6-,7+,8-/m0/s1. The largest absolute Gasteiger partial charge is 0.394 e. The van der Waals surface area contributed by atoms with E-state index in [9.17, 15) is 10.2 Å². The molecule has 0 radical (unpaired) electrons. The van der Waals surface area contributed by atoms with Crippen molar-refractivity contribution in [3.63, 3.8) is 0 Å². The first-order valence-electron chi connectivity index (χ1n) is 3.94. The third kappa shape index (κ3) is 1.84. The summed E-state index contributed by atoms with van der Waals surface area (Å²) in [5.74, 6) is 0. The minimum atomic E-state index is -0.926. The van der Waals surface area contributed by atoms with Crippen LogP contribution in [0.1, 0.15) is 6.42 Å². The van der Waals surface area contributed by atoms with Crippen molar-refractivity contribution >= 4 is 0 Å². The monoisotopic (exact) mass is 174 g/mol. The molecule has 0 bridgehead atoms. The van der Waals surface area contributed by atoms with Crippen molar-refractivity contribution in [3.8, 4) is 0 Å². The fourth-order valence-electron chi connectivity index (χ4n) is 1.30. The van der Waals surface area contributed by atoms with Crippen LogP contribution < -0.4 is 0 Å². The van der Waals surface area contributed by atoms with Crippen LogP contribution in [0.4, 0.5) is 0 Å². The fraction of sp³-hybridized carbons (Fsp3) is 0.750. The molecular weight excluding hydrogens is 160 g/mol. The van der Waals surface area contributed by atoms with E-state index in [1.165, 1.54) is 6.08 Å². The Morgan fingerprint density at radius 2 is 2.17 bits per heavy atom. The van der Waals surface area contributed by atoms with E-state index in [2.05, 4.69) is 6.58 Å². The van der Waals surface area contributed by atoms with E-state index in [0.717, 1.165) is 0 Å². The lowest BCUT2D eigenvalue weighted by Gasteiger charge is -2.34. The molecule has 0 amide bonds. The molecule has 70 valence electrons. The molecule has 1 aliphatic rings. The van der Waals surface area contributed by atoms with Crippen LogP contribution in [0.15, 0.2) is 12.7 Å². The second-order valence-electron chi connectivity index (χ2n) is 2.93. The minimum absolute atomic E-state index is 0.145. The fourth-order valence-corrected chi connectivity index (χ4v) is 1.30. The van der Waals surface area contributed by atoms with Crippen LogP contribution in [0.2, 0.25) is 0 Å². The SMILES string of the molecule is C=C[C@H]1O[C@H](CO)C[C@H](O)[C@@H]1O. The van der Waals surface area contributed by atoms with E-state index in [1.807, 2.05) is 0 Å². The van der Waals surface area contributed by atoms with Gasteiger partial charge in [-0.3, -0.25) is 0 Å².